The molecule has 0 spiro atoms. The highest BCUT2D eigenvalue weighted by atomic mass is 15.2. The minimum atomic E-state index is 0.499. The summed E-state index contributed by atoms with van der Waals surface area (Å²) >= 11 is 0. The topological polar surface area (TPSA) is 24.7 Å². The molecule has 92 valence electrons. The molecule has 0 unspecified atom stereocenters. The van der Waals surface area contributed by atoms with Crippen molar-refractivity contribution in [3.05, 3.63) is 0 Å². The van der Waals surface area contributed by atoms with Gasteiger partial charge in [0, 0.05) is 11.4 Å². The number of rotatable bonds is 3. The molecule has 0 aromatic heterocycles. The molecule has 3 fully saturated rings. The monoisotopic (exact) mass is 230 g/mol. The van der Waals surface area contributed by atoms with Gasteiger partial charge in [-0.3, -0.25) is 0 Å². The molecule has 3 aliphatic carbocycles. The molecule has 0 aromatic carbocycles. The first-order chi connectivity index (χ1) is 8.24. The van der Waals surface area contributed by atoms with Crippen LogP contribution in [0.25, 0.3) is 0 Å². The first-order valence-corrected chi connectivity index (χ1v) is 7.38. The largest absolute Gasteiger partial charge is 0.160 e. The van der Waals surface area contributed by atoms with Crippen LogP contribution < -0.4 is 0 Å². The van der Waals surface area contributed by atoms with Gasteiger partial charge in [0.25, 0.3) is 0 Å². The van der Waals surface area contributed by atoms with E-state index in [-0.39, 0.29) is 0 Å². The number of nitrogens with zero attached hydrogens (tertiary/aromatic N) is 2. The fraction of sp³-hybridized carbons (Fsp3) is 0.867. The van der Waals surface area contributed by atoms with Crippen molar-refractivity contribution in [3.8, 4) is 0 Å². The average molecular weight is 230 g/mol. The molecule has 3 saturated carbocycles. The van der Waals surface area contributed by atoms with Gasteiger partial charge in [0.15, 0.2) is 0 Å². The molecule has 17 heavy (non-hydrogen) atoms. The Morgan fingerprint density at radius 1 is 0.824 bits per heavy atom. The van der Waals surface area contributed by atoms with Gasteiger partial charge in [0.1, 0.15) is 0 Å². The third kappa shape index (κ3) is 1.96. The molecule has 0 aromatic rings. The Labute approximate surface area is 104 Å². The lowest BCUT2D eigenvalue weighted by molar-refractivity contribution is 0.296. The van der Waals surface area contributed by atoms with Gasteiger partial charge in [-0.25, -0.2) is 0 Å². The zero-order chi connectivity index (χ0) is 11.5. The van der Waals surface area contributed by atoms with E-state index in [1.54, 1.807) is 0 Å². The maximum atomic E-state index is 4.64. The lowest BCUT2D eigenvalue weighted by Gasteiger charge is -2.29. The summed E-state index contributed by atoms with van der Waals surface area (Å²) in [5.41, 5.74) is 3.38. The Kier molecular flexibility index (Phi) is 2.07. The smallest absolute Gasteiger partial charge is 0.0442 e. The molecular formula is C15H22N2. The van der Waals surface area contributed by atoms with Crippen LogP contribution in [0.2, 0.25) is 0 Å². The summed E-state index contributed by atoms with van der Waals surface area (Å²) in [6.45, 7) is 2.51. The van der Waals surface area contributed by atoms with Crippen molar-refractivity contribution < 1.29 is 0 Å². The van der Waals surface area contributed by atoms with Crippen molar-refractivity contribution in [1.82, 2.24) is 0 Å². The molecular weight excluding hydrogens is 208 g/mol. The molecule has 2 nitrogen and oxygen atoms in total. The Bertz CT molecular complexity index is 365. The molecule has 0 radical (unpaired) electrons. The van der Waals surface area contributed by atoms with Crippen LogP contribution in [0.3, 0.4) is 0 Å². The Morgan fingerprint density at radius 2 is 1.29 bits per heavy atom. The van der Waals surface area contributed by atoms with E-state index in [4.69, 9.17) is 0 Å². The standard InChI is InChI=1S/C15H22N2/c1-15(12-6-7-12)8-13(10-2-3-10)16-17-14(9-15)11-4-5-11/h10-12H,2-9H2,1H3. The van der Waals surface area contributed by atoms with Crippen LogP contribution in [-0.4, -0.2) is 11.4 Å². The highest BCUT2D eigenvalue weighted by molar-refractivity contribution is 5.95. The molecule has 0 atom stereocenters. The fourth-order valence-corrected chi connectivity index (χ4v) is 3.44. The van der Waals surface area contributed by atoms with E-state index in [0.717, 1.165) is 17.8 Å². The van der Waals surface area contributed by atoms with Crippen LogP contribution in [0, 0.1) is 23.2 Å². The molecule has 0 N–H and O–H groups in total. The zero-order valence-corrected chi connectivity index (χ0v) is 10.8. The van der Waals surface area contributed by atoms with Crippen LogP contribution in [0.4, 0.5) is 0 Å². The van der Waals surface area contributed by atoms with E-state index in [2.05, 4.69) is 17.1 Å². The van der Waals surface area contributed by atoms with Crippen molar-refractivity contribution in [2.75, 3.05) is 0 Å². The van der Waals surface area contributed by atoms with Crippen LogP contribution in [-0.2, 0) is 0 Å². The predicted octanol–water partition coefficient (Wildman–Crippen LogP) is 3.81. The highest BCUT2D eigenvalue weighted by Crippen LogP contribution is 2.53. The second-order valence-electron chi connectivity index (χ2n) is 7.01. The van der Waals surface area contributed by atoms with Crippen molar-refractivity contribution in [2.24, 2.45) is 33.4 Å². The fourth-order valence-electron chi connectivity index (χ4n) is 3.44. The lowest BCUT2D eigenvalue weighted by Crippen LogP contribution is -2.26. The molecule has 2 heteroatoms. The average Bonchev–Trinajstić information content (AvgIpc) is 3.18. The van der Waals surface area contributed by atoms with Crippen LogP contribution >= 0.6 is 0 Å². The summed E-state index contributed by atoms with van der Waals surface area (Å²) in [7, 11) is 0. The number of hydrogen-bond donors (Lipinski definition) is 0. The summed E-state index contributed by atoms with van der Waals surface area (Å²) in [6.07, 6.45) is 10.9. The Morgan fingerprint density at radius 3 is 1.65 bits per heavy atom. The van der Waals surface area contributed by atoms with E-state index in [1.165, 1.54) is 62.8 Å². The summed E-state index contributed by atoms with van der Waals surface area (Å²) in [5.74, 6) is 2.57. The van der Waals surface area contributed by atoms with E-state index in [1.807, 2.05) is 0 Å². The lowest BCUT2D eigenvalue weighted by atomic mass is 9.74. The summed E-state index contributed by atoms with van der Waals surface area (Å²) < 4.78 is 0. The molecule has 1 aliphatic heterocycles. The predicted molar refractivity (Wildman–Crippen MR) is 70.4 cm³/mol. The van der Waals surface area contributed by atoms with Crippen molar-refractivity contribution in [1.29, 1.82) is 0 Å². The molecule has 1 heterocycles. The quantitative estimate of drug-likeness (QED) is 0.704. The second kappa shape index (κ2) is 3.43. The van der Waals surface area contributed by atoms with Gasteiger partial charge in [-0.05, 0) is 74.5 Å². The van der Waals surface area contributed by atoms with Crippen LogP contribution in [0.15, 0.2) is 10.2 Å². The molecule has 0 amide bonds. The van der Waals surface area contributed by atoms with Crippen molar-refractivity contribution >= 4 is 11.4 Å². The summed E-state index contributed by atoms with van der Waals surface area (Å²) in [4.78, 5) is 0. The minimum absolute atomic E-state index is 0.499. The maximum absolute atomic E-state index is 4.64. The number of hydrogen-bond acceptors (Lipinski definition) is 2. The van der Waals surface area contributed by atoms with E-state index in [0.29, 0.717) is 5.41 Å². The van der Waals surface area contributed by atoms with Gasteiger partial charge in [-0.15, -0.1) is 0 Å². The Balaban J connectivity index is 1.64. The van der Waals surface area contributed by atoms with Gasteiger partial charge in [-0.1, -0.05) is 6.92 Å². The SMILES string of the molecule is CC1(C2CC2)CC(C2CC2)=NN=C(C2CC2)C1. The van der Waals surface area contributed by atoms with Gasteiger partial charge in [0.05, 0.1) is 0 Å². The van der Waals surface area contributed by atoms with E-state index in [9.17, 15) is 0 Å². The third-order valence-electron chi connectivity index (χ3n) is 5.14. The van der Waals surface area contributed by atoms with E-state index < -0.39 is 0 Å². The van der Waals surface area contributed by atoms with Gasteiger partial charge < -0.3 is 0 Å². The first-order valence-electron chi connectivity index (χ1n) is 7.38. The zero-order valence-electron chi connectivity index (χ0n) is 10.8. The molecule has 0 bridgehead atoms. The third-order valence-corrected chi connectivity index (χ3v) is 5.14. The first kappa shape index (κ1) is 10.3. The highest BCUT2D eigenvalue weighted by Gasteiger charge is 2.47. The summed E-state index contributed by atoms with van der Waals surface area (Å²) in [6, 6.07) is 0. The summed E-state index contributed by atoms with van der Waals surface area (Å²) in [5, 5.41) is 9.28. The van der Waals surface area contributed by atoms with Gasteiger partial charge in [0.2, 0.25) is 0 Å². The molecule has 4 aliphatic rings. The van der Waals surface area contributed by atoms with Crippen molar-refractivity contribution in [2.45, 2.75) is 58.3 Å². The van der Waals surface area contributed by atoms with Gasteiger partial charge in [-0.2, -0.15) is 10.2 Å². The minimum Gasteiger partial charge on any atom is -0.160 e. The maximum Gasteiger partial charge on any atom is 0.0442 e. The van der Waals surface area contributed by atoms with Crippen LogP contribution in [0.5, 0.6) is 0 Å². The van der Waals surface area contributed by atoms with Crippen molar-refractivity contribution in [3.63, 3.8) is 0 Å². The van der Waals surface area contributed by atoms with E-state index >= 15 is 0 Å². The Hall–Kier alpha value is -0.660. The molecule has 0 saturated heterocycles. The second-order valence-corrected chi connectivity index (χ2v) is 7.01. The normalized spacial score (nSPS) is 32.8. The van der Waals surface area contributed by atoms with Gasteiger partial charge >= 0.3 is 0 Å². The molecule has 4 rings (SSSR count). The van der Waals surface area contributed by atoms with Crippen LogP contribution in [0.1, 0.15) is 58.3 Å².